The van der Waals surface area contributed by atoms with E-state index in [0.29, 0.717) is 18.9 Å². The summed E-state index contributed by atoms with van der Waals surface area (Å²) in [6.45, 7) is 6.15. The first kappa shape index (κ1) is 27.2. The zero-order valence-electron chi connectivity index (χ0n) is 19.8. The first-order valence-electron chi connectivity index (χ1n) is 12.1. The Labute approximate surface area is 216 Å². The van der Waals surface area contributed by atoms with Crippen LogP contribution in [0.1, 0.15) is 43.7 Å². The van der Waals surface area contributed by atoms with E-state index in [1.54, 1.807) is 0 Å². The van der Waals surface area contributed by atoms with Crippen molar-refractivity contribution in [1.82, 2.24) is 15.5 Å². The summed E-state index contributed by atoms with van der Waals surface area (Å²) in [6.07, 6.45) is 6.21. The second-order valence-corrected chi connectivity index (χ2v) is 8.59. The highest BCUT2D eigenvalue weighted by Crippen LogP contribution is 2.18. The number of benzene rings is 2. The number of aryl methyl sites for hydroxylation is 1. The van der Waals surface area contributed by atoms with Gasteiger partial charge in [0.05, 0.1) is 0 Å². The Balaban J connectivity index is 0.00000385. The van der Waals surface area contributed by atoms with Crippen LogP contribution in [0.15, 0.2) is 65.7 Å². The van der Waals surface area contributed by atoms with Crippen LogP contribution >= 0.6 is 24.0 Å². The van der Waals surface area contributed by atoms with Gasteiger partial charge in [-0.05, 0) is 43.7 Å². The second kappa shape index (κ2) is 15.7. The molecular formula is C27H39IN4O. The first-order chi connectivity index (χ1) is 15.7. The Morgan fingerprint density at radius 1 is 0.939 bits per heavy atom. The van der Waals surface area contributed by atoms with Gasteiger partial charge in [0.2, 0.25) is 5.91 Å². The summed E-state index contributed by atoms with van der Waals surface area (Å²) in [6, 6.07) is 21.1. The number of amides is 1. The third kappa shape index (κ3) is 10.2. The molecule has 1 atom stereocenters. The molecule has 1 aliphatic rings. The fourth-order valence-corrected chi connectivity index (χ4v) is 4.15. The van der Waals surface area contributed by atoms with Gasteiger partial charge in [-0.25, -0.2) is 0 Å². The number of unbranched alkanes of at least 4 members (excludes halogenated alkanes) is 2. The van der Waals surface area contributed by atoms with E-state index in [-0.39, 0.29) is 29.9 Å². The van der Waals surface area contributed by atoms with Crippen molar-refractivity contribution in [2.45, 2.75) is 45.4 Å². The van der Waals surface area contributed by atoms with Gasteiger partial charge in [-0.15, -0.1) is 24.0 Å². The number of hydrogen-bond donors (Lipinski definition) is 2. The van der Waals surface area contributed by atoms with E-state index in [2.05, 4.69) is 72.2 Å². The molecule has 1 unspecified atom stereocenters. The average molecular weight is 563 g/mol. The minimum atomic E-state index is 0. The smallest absolute Gasteiger partial charge is 0.223 e. The van der Waals surface area contributed by atoms with Gasteiger partial charge in [0.25, 0.3) is 0 Å². The zero-order chi connectivity index (χ0) is 22.4. The molecule has 2 aromatic carbocycles. The Kier molecular flexibility index (Phi) is 12.9. The van der Waals surface area contributed by atoms with E-state index in [0.717, 1.165) is 51.4 Å². The topological polar surface area (TPSA) is 56.7 Å². The Morgan fingerprint density at radius 2 is 1.61 bits per heavy atom. The molecule has 0 saturated carbocycles. The molecule has 0 bridgehead atoms. The standard InChI is InChI=1S/C27H38N4O.HI/c1-2-28-27(29-18-11-5-10-14-23-12-6-3-7-13-23)30-21-25-20-26(32)31(22-25)19-17-24-15-8-4-9-16-24;/h3-4,6-9,12-13,15-16,25H,2,5,10-11,14,17-22H2,1H3,(H2,28,29,30);1H. The predicted octanol–water partition coefficient (Wildman–Crippen LogP) is 4.66. The van der Waals surface area contributed by atoms with Crippen molar-refractivity contribution >= 4 is 35.8 Å². The average Bonchev–Trinajstić information content (AvgIpc) is 3.19. The van der Waals surface area contributed by atoms with E-state index in [4.69, 9.17) is 4.99 Å². The molecular weight excluding hydrogens is 523 g/mol. The Hall–Kier alpha value is -2.09. The zero-order valence-corrected chi connectivity index (χ0v) is 22.2. The van der Waals surface area contributed by atoms with E-state index >= 15 is 0 Å². The number of carbonyl (C=O) groups excluding carboxylic acids is 1. The highest BCUT2D eigenvalue weighted by Gasteiger charge is 2.28. The van der Waals surface area contributed by atoms with Crippen LogP contribution in [0.4, 0.5) is 0 Å². The summed E-state index contributed by atoms with van der Waals surface area (Å²) in [7, 11) is 0. The van der Waals surface area contributed by atoms with Gasteiger partial charge in [0, 0.05) is 45.1 Å². The summed E-state index contributed by atoms with van der Waals surface area (Å²) in [4.78, 5) is 19.2. The maximum absolute atomic E-state index is 12.4. The molecule has 1 aliphatic heterocycles. The van der Waals surface area contributed by atoms with E-state index in [1.165, 1.54) is 24.0 Å². The molecule has 1 fully saturated rings. The third-order valence-electron chi connectivity index (χ3n) is 5.94. The van der Waals surface area contributed by atoms with Gasteiger partial charge < -0.3 is 15.5 Å². The predicted molar refractivity (Wildman–Crippen MR) is 148 cm³/mol. The normalized spacial score (nSPS) is 15.9. The van der Waals surface area contributed by atoms with Crippen LogP contribution in [0.25, 0.3) is 0 Å². The van der Waals surface area contributed by atoms with Crippen LogP contribution in [0.5, 0.6) is 0 Å². The van der Waals surface area contributed by atoms with Crippen LogP contribution < -0.4 is 10.6 Å². The summed E-state index contributed by atoms with van der Waals surface area (Å²) in [5.41, 5.74) is 2.70. The lowest BCUT2D eigenvalue weighted by atomic mass is 10.1. The summed E-state index contributed by atoms with van der Waals surface area (Å²) in [5.74, 6) is 1.43. The number of nitrogens with one attached hydrogen (secondary N) is 2. The number of guanidine groups is 1. The maximum atomic E-state index is 12.4. The molecule has 0 radical (unpaired) electrons. The molecule has 1 heterocycles. The number of aliphatic imine (C=N–C) groups is 1. The van der Waals surface area contributed by atoms with Gasteiger partial charge in [0.1, 0.15) is 0 Å². The van der Waals surface area contributed by atoms with Crippen molar-refractivity contribution in [2.24, 2.45) is 10.9 Å². The lowest BCUT2D eigenvalue weighted by Gasteiger charge is -2.16. The molecule has 0 spiro atoms. The van der Waals surface area contributed by atoms with Crippen LogP contribution in [-0.2, 0) is 17.6 Å². The molecule has 5 nitrogen and oxygen atoms in total. The van der Waals surface area contributed by atoms with Crippen molar-refractivity contribution in [2.75, 3.05) is 32.7 Å². The van der Waals surface area contributed by atoms with Gasteiger partial charge in [-0.3, -0.25) is 9.79 Å². The molecule has 1 saturated heterocycles. The monoisotopic (exact) mass is 562 g/mol. The largest absolute Gasteiger partial charge is 0.357 e. The molecule has 2 N–H and O–H groups in total. The summed E-state index contributed by atoms with van der Waals surface area (Å²) >= 11 is 0. The van der Waals surface area contributed by atoms with Crippen LogP contribution in [0.2, 0.25) is 0 Å². The highest BCUT2D eigenvalue weighted by molar-refractivity contribution is 14.0. The van der Waals surface area contributed by atoms with Crippen molar-refractivity contribution in [3.05, 3.63) is 71.8 Å². The molecule has 0 aliphatic carbocycles. The quantitative estimate of drug-likeness (QED) is 0.171. The van der Waals surface area contributed by atoms with Crippen molar-refractivity contribution in [1.29, 1.82) is 0 Å². The lowest BCUT2D eigenvalue weighted by Crippen LogP contribution is -2.38. The number of halogens is 1. The molecule has 180 valence electrons. The van der Waals surface area contributed by atoms with E-state index in [9.17, 15) is 4.79 Å². The highest BCUT2D eigenvalue weighted by atomic mass is 127. The van der Waals surface area contributed by atoms with Crippen molar-refractivity contribution < 1.29 is 4.79 Å². The molecule has 33 heavy (non-hydrogen) atoms. The van der Waals surface area contributed by atoms with E-state index in [1.807, 2.05) is 11.0 Å². The minimum absolute atomic E-state index is 0. The second-order valence-electron chi connectivity index (χ2n) is 8.59. The summed E-state index contributed by atoms with van der Waals surface area (Å²) < 4.78 is 0. The third-order valence-corrected chi connectivity index (χ3v) is 5.94. The number of hydrogen-bond acceptors (Lipinski definition) is 2. The molecule has 3 rings (SSSR count). The van der Waals surface area contributed by atoms with E-state index < -0.39 is 0 Å². The van der Waals surface area contributed by atoms with Gasteiger partial charge in [0.15, 0.2) is 5.96 Å². The van der Waals surface area contributed by atoms with Gasteiger partial charge in [-0.2, -0.15) is 0 Å². The molecule has 0 aromatic heterocycles. The molecule has 2 aromatic rings. The Morgan fingerprint density at radius 3 is 2.27 bits per heavy atom. The van der Waals surface area contributed by atoms with Crippen LogP contribution in [0, 0.1) is 5.92 Å². The molecule has 1 amide bonds. The number of nitrogens with zero attached hydrogens (tertiary/aromatic N) is 2. The van der Waals surface area contributed by atoms with Crippen LogP contribution in [0.3, 0.4) is 0 Å². The summed E-state index contributed by atoms with van der Waals surface area (Å²) in [5, 5.41) is 6.79. The first-order valence-corrected chi connectivity index (χ1v) is 12.1. The maximum Gasteiger partial charge on any atom is 0.223 e. The number of carbonyl (C=O) groups is 1. The SMILES string of the molecule is CCNC(=NCC1CC(=O)N(CCc2ccccc2)C1)NCCCCCc1ccccc1.I. The lowest BCUT2D eigenvalue weighted by molar-refractivity contribution is -0.127. The number of likely N-dealkylation sites (tertiary alicyclic amines) is 1. The van der Waals surface area contributed by atoms with Crippen molar-refractivity contribution in [3.8, 4) is 0 Å². The molecule has 6 heteroatoms. The Bertz CT molecular complexity index is 829. The van der Waals surface area contributed by atoms with Crippen molar-refractivity contribution in [3.63, 3.8) is 0 Å². The fraction of sp³-hybridized carbons (Fsp3) is 0.481. The van der Waals surface area contributed by atoms with Gasteiger partial charge in [-0.1, -0.05) is 67.1 Å². The fourth-order valence-electron chi connectivity index (χ4n) is 4.15. The minimum Gasteiger partial charge on any atom is -0.357 e. The van der Waals surface area contributed by atoms with Crippen LogP contribution in [-0.4, -0.2) is 49.5 Å². The van der Waals surface area contributed by atoms with Gasteiger partial charge >= 0.3 is 0 Å². The number of rotatable bonds is 12.